The molecule has 2 aromatic carbocycles. The van der Waals surface area contributed by atoms with E-state index >= 15 is 0 Å². The van der Waals surface area contributed by atoms with Gasteiger partial charge in [-0.25, -0.2) is 8.42 Å². The first-order valence-corrected chi connectivity index (χ1v) is 10.5. The van der Waals surface area contributed by atoms with Crippen molar-refractivity contribution in [2.45, 2.75) is 30.8 Å². The van der Waals surface area contributed by atoms with Crippen LogP contribution in [0.4, 0.5) is 11.4 Å². The summed E-state index contributed by atoms with van der Waals surface area (Å²) in [7, 11) is -4.13. The van der Waals surface area contributed by atoms with E-state index in [1.54, 1.807) is 12.1 Å². The summed E-state index contributed by atoms with van der Waals surface area (Å²) in [5.74, 6) is -0.436. The molecular formula is C19H21N3O6S. The molecule has 1 amide bonds. The van der Waals surface area contributed by atoms with Crippen molar-refractivity contribution in [1.82, 2.24) is 5.32 Å². The van der Waals surface area contributed by atoms with Gasteiger partial charge >= 0.3 is 0 Å². The van der Waals surface area contributed by atoms with Crippen LogP contribution >= 0.6 is 0 Å². The fourth-order valence-corrected chi connectivity index (χ4v) is 4.13. The van der Waals surface area contributed by atoms with E-state index in [4.69, 9.17) is 4.74 Å². The molecule has 0 radical (unpaired) electrons. The Bertz CT molecular complexity index is 1030. The van der Waals surface area contributed by atoms with Gasteiger partial charge in [-0.05, 0) is 38.0 Å². The maximum atomic E-state index is 12.7. The van der Waals surface area contributed by atoms with E-state index in [1.807, 2.05) is 0 Å². The van der Waals surface area contributed by atoms with E-state index in [9.17, 15) is 23.3 Å². The highest BCUT2D eigenvalue weighted by molar-refractivity contribution is 7.92. The Morgan fingerprint density at radius 1 is 1.28 bits per heavy atom. The highest BCUT2D eigenvalue weighted by atomic mass is 32.2. The van der Waals surface area contributed by atoms with Crippen LogP contribution < -0.4 is 10.0 Å². The normalized spacial score (nSPS) is 16.4. The third-order valence-electron chi connectivity index (χ3n) is 4.62. The van der Waals surface area contributed by atoms with E-state index in [0.29, 0.717) is 18.7 Å². The number of carbonyl (C=O) groups excluding carboxylic acids is 1. The second kappa shape index (κ2) is 8.58. The number of nitro groups is 1. The largest absolute Gasteiger partial charge is 0.376 e. The zero-order chi connectivity index (χ0) is 21.0. The number of benzene rings is 2. The lowest BCUT2D eigenvalue weighted by molar-refractivity contribution is -0.385. The minimum atomic E-state index is -4.13. The third-order valence-corrected chi connectivity index (χ3v) is 5.98. The third kappa shape index (κ3) is 4.90. The summed E-state index contributed by atoms with van der Waals surface area (Å²) in [5.41, 5.74) is 0.287. The number of nitrogens with one attached hydrogen (secondary N) is 2. The summed E-state index contributed by atoms with van der Waals surface area (Å²) in [5, 5.41) is 13.9. The summed E-state index contributed by atoms with van der Waals surface area (Å²) >= 11 is 0. The smallest absolute Gasteiger partial charge is 0.273 e. The number of hydrogen-bond acceptors (Lipinski definition) is 6. The first-order valence-electron chi connectivity index (χ1n) is 9.04. The molecular weight excluding hydrogens is 398 g/mol. The second-order valence-corrected chi connectivity index (χ2v) is 8.38. The zero-order valence-corrected chi connectivity index (χ0v) is 16.6. The molecule has 0 unspecified atom stereocenters. The Morgan fingerprint density at radius 3 is 2.72 bits per heavy atom. The number of amides is 1. The predicted octanol–water partition coefficient (Wildman–Crippen LogP) is 2.61. The van der Waals surface area contributed by atoms with Gasteiger partial charge in [-0.1, -0.05) is 18.2 Å². The van der Waals surface area contributed by atoms with Crippen LogP contribution in [-0.4, -0.2) is 38.5 Å². The van der Waals surface area contributed by atoms with Gasteiger partial charge in [-0.3, -0.25) is 19.6 Å². The van der Waals surface area contributed by atoms with Crippen LogP contribution in [0.5, 0.6) is 0 Å². The fraction of sp³-hybridized carbons (Fsp3) is 0.316. The van der Waals surface area contributed by atoms with Crippen molar-refractivity contribution in [3.05, 3.63) is 63.7 Å². The molecule has 1 aliphatic heterocycles. The molecule has 0 aromatic heterocycles. The Labute approximate surface area is 168 Å². The molecule has 1 fully saturated rings. The number of nitrogens with zero attached hydrogens (tertiary/aromatic N) is 1. The van der Waals surface area contributed by atoms with Crippen molar-refractivity contribution < 1.29 is 22.9 Å². The molecule has 0 aliphatic carbocycles. The summed E-state index contributed by atoms with van der Waals surface area (Å²) in [6, 6.07) is 9.82. The van der Waals surface area contributed by atoms with Crippen LogP contribution in [0, 0.1) is 17.0 Å². The zero-order valence-electron chi connectivity index (χ0n) is 15.8. The number of aryl methyl sites for hydroxylation is 1. The van der Waals surface area contributed by atoms with Gasteiger partial charge in [0.2, 0.25) is 0 Å². The molecule has 10 heteroatoms. The number of rotatable bonds is 7. The predicted molar refractivity (Wildman–Crippen MR) is 106 cm³/mol. The lowest BCUT2D eigenvalue weighted by atomic mass is 10.1. The van der Waals surface area contributed by atoms with Gasteiger partial charge in [0.1, 0.15) is 0 Å². The van der Waals surface area contributed by atoms with Gasteiger partial charge in [-0.2, -0.15) is 0 Å². The van der Waals surface area contributed by atoms with Crippen molar-refractivity contribution >= 4 is 27.3 Å². The van der Waals surface area contributed by atoms with E-state index in [-0.39, 0.29) is 27.9 Å². The van der Waals surface area contributed by atoms with Crippen molar-refractivity contribution in [3.63, 3.8) is 0 Å². The number of sulfonamides is 1. The number of ether oxygens (including phenoxy) is 1. The lowest BCUT2D eigenvalue weighted by Gasteiger charge is -2.14. The maximum Gasteiger partial charge on any atom is 0.273 e. The molecule has 1 heterocycles. The molecule has 1 atom stereocenters. The standard InChI is InChI=1S/C19H21N3O6S/c1-13-8-9-15(11-18(13)22(24)25)29(26,27)21-17-7-3-2-6-16(17)19(23)20-12-14-5-4-10-28-14/h2-3,6-9,11,14,21H,4-5,10,12H2,1H3,(H,20,23)/t14-/m0/s1. The summed E-state index contributed by atoms with van der Waals surface area (Å²) in [4.78, 5) is 22.8. The summed E-state index contributed by atoms with van der Waals surface area (Å²) < 4.78 is 33.3. The Balaban J connectivity index is 1.81. The highest BCUT2D eigenvalue weighted by Gasteiger charge is 2.23. The number of anilines is 1. The molecule has 2 N–H and O–H groups in total. The van der Waals surface area contributed by atoms with Crippen LogP contribution in [0.15, 0.2) is 47.4 Å². The quantitative estimate of drug-likeness (QED) is 0.524. The second-order valence-electron chi connectivity index (χ2n) is 6.70. The molecule has 1 saturated heterocycles. The number of nitro benzene ring substituents is 1. The van der Waals surface area contributed by atoms with Gasteiger partial charge < -0.3 is 10.1 Å². The molecule has 154 valence electrons. The van der Waals surface area contributed by atoms with Crippen molar-refractivity contribution in [2.75, 3.05) is 17.9 Å². The molecule has 0 spiro atoms. The van der Waals surface area contributed by atoms with Crippen LogP contribution in [0.2, 0.25) is 0 Å². The Morgan fingerprint density at radius 2 is 2.03 bits per heavy atom. The number of hydrogen-bond donors (Lipinski definition) is 2. The van der Waals surface area contributed by atoms with Gasteiger partial charge in [0.05, 0.1) is 27.2 Å². The van der Waals surface area contributed by atoms with Crippen LogP contribution in [-0.2, 0) is 14.8 Å². The molecule has 1 aliphatic rings. The average molecular weight is 419 g/mol. The SMILES string of the molecule is Cc1ccc(S(=O)(=O)Nc2ccccc2C(=O)NC[C@@H]2CCCO2)cc1[N+](=O)[O-]. The van der Waals surface area contributed by atoms with Gasteiger partial charge in [0.25, 0.3) is 21.6 Å². The molecule has 0 saturated carbocycles. The summed E-state index contributed by atoms with van der Waals surface area (Å²) in [6.07, 6.45) is 1.76. The molecule has 29 heavy (non-hydrogen) atoms. The minimum Gasteiger partial charge on any atom is -0.376 e. The van der Waals surface area contributed by atoms with E-state index in [2.05, 4.69) is 10.0 Å². The number of para-hydroxylation sites is 1. The highest BCUT2D eigenvalue weighted by Crippen LogP contribution is 2.25. The van der Waals surface area contributed by atoms with Gasteiger partial charge in [0, 0.05) is 24.8 Å². The van der Waals surface area contributed by atoms with Gasteiger partial charge in [0.15, 0.2) is 0 Å². The van der Waals surface area contributed by atoms with Crippen molar-refractivity contribution in [2.24, 2.45) is 0 Å². The first kappa shape index (κ1) is 20.7. The lowest BCUT2D eigenvalue weighted by Crippen LogP contribution is -2.32. The van der Waals surface area contributed by atoms with Crippen LogP contribution in [0.25, 0.3) is 0 Å². The first-order chi connectivity index (χ1) is 13.8. The van der Waals surface area contributed by atoms with Crippen molar-refractivity contribution in [1.29, 1.82) is 0 Å². The van der Waals surface area contributed by atoms with Crippen LogP contribution in [0.3, 0.4) is 0 Å². The molecule has 0 bridgehead atoms. The van der Waals surface area contributed by atoms with E-state index < -0.39 is 20.9 Å². The minimum absolute atomic E-state index is 0.0455. The van der Waals surface area contributed by atoms with Crippen molar-refractivity contribution in [3.8, 4) is 0 Å². The number of carbonyl (C=O) groups is 1. The fourth-order valence-electron chi connectivity index (χ4n) is 3.03. The van der Waals surface area contributed by atoms with E-state index in [1.165, 1.54) is 31.2 Å². The topological polar surface area (TPSA) is 128 Å². The molecule has 3 rings (SSSR count). The van der Waals surface area contributed by atoms with Gasteiger partial charge in [-0.15, -0.1) is 0 Å². The molecule has 9 nitrogen and oxygen atoms in total. The average Bonchev–Trinajstić information content (AvgIpc) is 3.20. The van der Waals surface area contributed by atoms with Crippen LogP contribution in [0.1, 0.15) is 28.8 Å². The summed E-state index contributed by atoms with van der Waals surface area (Å²) in [6.45, 7) is 2.53. The van der Waals surface area contributed by atoms with E-state index in [0.717, 1.165) is 18.9 Å². The Hall–Kier alpha value is -2.98. The monoisotopic (exact) mass is 419 g/mol. The Kier molecular flexibility index (Phi) is 6.14. The molecule has 2 aromatic rings. The maximum absolute atomic E-state index is 12.7.